The first kappa shape index (κ1) is 23.6. The van der Waals surface area contributed by atoms with Gasteiger partial charge in [0.05, 0.1) is 18.2 Å². The molecular weight excluding hydrogens is 469 g/mol. The van der Waals surface area contributed by atoms with Crippen molar-refractivity contribution in [2.24, 2.45) is 0 Å². The molecule has 3 atom stereocenters. The Morgan fingerprint density at radius 3 is 2.21 bits per heavy atom. The molecule has 2 aliphatic heterocycles. The molecule has 2 amide bonds. The van der Waals surface area contributed by atoms with E-state index in [0.717, 1.165) is 13.2 Å². The third-order valence-corrected chi connectivity index (χ3v) is 5.82. The van der Waals surface area contributed by atoms with Gasteiger partial charge in [-0.2, -0.15) is 17.6 Å². The molecule has 0 N–H and O–H groups in total. The molecule has 1 fully saturated rings. The predicted molar refractivity (Wildman–Crippen MR) is 103 cm³/mol. The van der Waals surface area contributed by atoms with E-state index in [4.69, 9.17) is 14.3 Å². The second-order valence-electron chi connectivity index (χ2n) is 7.92. The van der Waals surface area contributed by atoms with Crippen molar-refractivity contribution in [1.82, 2.24) is 5.06 Å². The highest BCUT2D eigenvalue weighted by Gasteiger charge is 2.62. The molecule has 0 bridgehead atoms. The van der Waals surface area contributed by atoms with Gasteiger partial charge in [0.1, 0.15) is 0 Å². The number of imide groups is 1. The first-order valence-electron chi connectivity index (χ1n) is 9.85. The zero-order valence-corrected chi connectivity index (χ0v) is 17.6. The third-order valence-electron chi connectivity index (χ3n) is 5.82. The van der Waals surface area contributed by atoms with Gasteiger partial charge in [0.25, 0.3) is 11.8 Å². The third kappa shape index (κ3) is 3.58. The normalized spacial score (nSPS) is 24.4. The summed E-state index contributed by atoms with van der Waals surface area (Å²) in [6.07, 6.45) is -7.86. The van der Waals surface area contributed by atoms with Crippen LogP contribution in [0, 0.1) is 11.6 Å². The molecule has 1 saturated heterocycles. The van der Waals surface area contributed by atoms with Crippen molar-refractivity contribution in [3.8, 4) is 5.75 Å². The molecule has 0 saturated carbocycles. The molecule has 0 aliphatic carbocycles. The van der Waals surface area contributed by atoms with Gasteiger partial charge in [0, 0.05) is 11.5 Å². The molecule has 34 heavy (non-hydrogen) atoms. The summed E-state index contributed by atoms with van der Waals surface area (Å²) >= 11 is 0. The van der Waals surface area contributed by atoms with Crippen LogP contribution >= 0.6 is 0 Å². The number of fused-ring (bicyclic) bond motifs is 1. The molecule has 2 aliphatic rings. The van der Waals surface area contributed by atoms with Gasteiger partial charge in [-0.1, -0.05) is 23.3 Å². The summed E-state index contributed by atoms with van der Waals surface area (Å²) in [5.41, 5.74) is -3.28. The summed E-state index contributed by atoms with van der Waals surface area (Å²) in [6, 6.07) is 7.19. The number of alkyl halides is 3. The molecule has 7 nitrogen and oxygen atoms in total. The smallest absolute Gasteiger partial charge is 0.417 e. The Morgan fingerprint density at radius 1 is 1.09 bits per heavy atom. The number of halogens is 5. The quantitative estimate of drug-likeness (QED) is 0.483. The van der Waals surface area contributed by atoms with Crippen molar-refractivity contribution in [2.45, 2.75) is 37.1 Å². The monoisotopic (exact) mass is 485 g/mol. The second-order valence-corrected chi connectivity index (χ2v) is 7.92. The number of carbonyl (C=O) groups excluding carboxylic acids is 3. The van der Waals surface area contributed by atoms with Crippen molar-refractivity contribution in [3.05, 3.63) is 64.7 Å². The maximum atomic E-state index is 14.3. The number of benzene rings is 2. The average Bonchev–Trinajstić information content (AvgIpc) is 3.27. The fourth-order valence-electron chi connectivity index (χ4n) is 4.04. The number of amides is 2. The molecule has 180 valence electrons. The molecule has 0 spiro atoms. The van der Waals surface area contributed by atoms with Crippen molar-refractivity contribution in [1.29, 1.82) is 0 Å². The summed E-state index contributed by atoms with van der Waals surface area (Å²) < 4.78 is 79.1. The van der Waals surface area contributed by atoms with Gasteiger partial charge in [-0.3, -0.25) is 9.59 Å². The number of methoxy groups -OCH3 is 1. The number of hydrogen-bond donors (Lipinski definition) is 0. The van der Waals surface area contributed by atoms with Gasteiger partial charge in [-0.15, -0.1) is 0 Å². The fraction of sp³-hybridized carbons (Fsp3) is 0.318. The number of hydroxylamine groups is 2. The predicted octanol–water partition coefficient (Wildman–Crippen LogP) is 3.92. The molecule has 2 heterocycles. The van der Waals surface area contributed by atoms with Crippen molar-refractivity contribution < 1.29 is 50.6 Å². The standard InChI is InChI=1S/C22H16F5NO6/c1-21(22(25,26)27)9-13(10-7-8-14(23)15(24)16(10)32-2)17(33-21)20(31)34-28-18(29)11-5-3-4-6-12(11)19(28)30/h3-8,13,17H,9H2,1-2H3/t13-,17+,21+/m0/s1. The molecule has 4 rings (SSSR count). The van der Waals surface area contributed by atoms with Gasteiger partial charge < -0.3 is 14.3 Å². The lowest BCUT2D eigenvalue weighted by Gasteiger charge is -2.27. The molecule has 2 aromatic carbocycles. The summed E-state index contributed by atoms with van der Waals surface area (Å²) in [6.45, 7) is 0.682. The Bertz CT molecular complexity index is 1160. The molecule has 0 radical (unpaired) electrons. The summed E-state index contributed by atoms with van der Waals surface area (Å²) in [5, 5.41) is 0.124. The number of rotatable bonds is 4. The van der Waals surface area contributed by atoms with Crippen LogP contribution in [0.4, 0.5) is 22.0 Å². The second kappa shape index (κ2) is 8.05. The van der Waals surface area contributed by atoms with Crippen molar-refractivity contribution in [2.75, 3.05) is 7.11 Å². The van der Waals surface area contributed by atoms with Crippen LogP contribution in [0.1, 0.15) is 45.5 Å². The van der Waals surface area contributed by atoms with E-state index in [0.29, 0.717) is 13.0 Å². The summed E-state index contributed by atoms with van der Waals surface area (Å²) in [5.74, 6) is -8.49. The highest BCUT2D eigenvalue weighted by molar-refractivity contribution is 6.20. The lowest BCUT2D eigenvalue weighted by Crippen LogP contribution is -2.44. The first-order chi connectivity index (χ1) is 15.9. The van der Waals surface area contributed by atoms with E-state index in [2.05, 4.69) is 0 Å². The molecule has 0 aromatic heterocycles. The van der Waals surface area contributed by atoms with Gasteiger partial charge in [0.15, 0.2) is 23.3 Å². The van der Waals surface area contributed by atoms with Crippen LogP contribution in [-0.4, -0.2) is 47.8 Å². The van der Waals surface area contributed by atoms with Crippen molar-refractivity contribution >= 4 is 17.8 Å². The molecule has 0 unspecified atom stereocenters. The first-order valence-corrected chi connectivity index (χ1v) is 9.85. The minimum atomic E-state index is -4.96. The summed E-state index contributed by atoms with van der Waals surface area (Å²) in [4.78, 5) is 42.8. The largest absolute Gasteiger partial charge is 0.493 e. The van der Waals surface area contributed by atoms with E-state index in [1.165, 1.54) is 24.3 Å². The minimum Gasteiger partial charge on any atom is -0.493 e. The maximum Gasteiger partial charge on any atom is 0.417 e. The maximum absolute atomic E-state index is 14.3. The summed E-state index contributed by atoms with van der Waals surface area (Å²) in [7, 11) is 0.978. The number of ether oxygens (including phenoxy) is 2. The number of nitrogens with zero attached hydrogens (tertiary/aromatic N) is 1. The molecular formula is C22H16F5NO6. The molecule has 2 aromatic rings. The SMILES string of the molecule is COc1c([C@@H]2C[C@](C)(C(F)(F)F)O[C@H]2C(=O)ON2C(=O)c3ccccc3C2=O)ccc(F)c1F. The number of hydrogen-bond acceptors (Lipinski definition) is 6. The van der Waals surface area contributed by atoms with E-state index in [-0.39, 0.29) is 21.8 Å². The van der Waals surface area contributed by atoms with Gasteiger partial charge in [0.2, 0.25) is 5.82 Å². The van der Waals surface area contributed by atoms with E-state index >= 15 is 0 Å². The highest BCUT2D eigenvalue weighted by Crippen LogP contribution is 2.51. The Kier molecular flexibility index (Phi) is 5.59. The Morgan fingerprint density at radius 2 is 1.68 bits per heavy atom. The van der Waals surface area contributed by atoms with E-state index in [1.54, 1.807) is 0 Å². The Balaban J connectivity index is 1.70. The van der Waals surface area contributed by atoms with Crippen LogP contribution in [0.2, 0.25) is 0 Å². The Labute approximate surface area is 188 Å². The zero-order chi connectivity index (χ0) is 25.0. The number of carbonyl (C=O) groups is 3. The Hall–Kier alpha value is -3.54. The van der Waals surface area contributed by atoms with Crippen LogP contribution in [0.15, 0.2) is 36.4 Å². The van der Waals surface area contributed by atoms with Crippen LogP contribution < -0.4 is 4.74 Å². The van der Waals surface area contributed by atoms with Crippen LogP contribution in [-0.2, 0) is 14.4 Å². The minimum absolute atomic E-state index is 0.0633. The molecule has 12 heteroatoms. The van der Waals surface area contributed by atoms with Crippen LogP contribution in [0.5, 0.6) is 5.75 Å². The topological polar surface area (TPSA) is 82.1 Å². The van der Waals surface area contributed by atoms with Crippen molar-refractivity contribution in [3.63, 3.8) is 0 Å². The highest BCUT2D eigenvalue weighted by atomic mass is 19.4. The van der Waals surface area contributed by atoms with Gasteiger partial charge in [-0.25, -0.2) is 9.18 Å². The van der Waals surface area contributed by atoms with E-state index < -0.39 is 65.4 Å². The van der Waals surface area contributed by atoms with Gasteiger partial charge in [-0.05, 0) is 31.5 Å². The van der Waals surface area contributed by atoms with Crippen LogP contribution in [0.3, 0.4) is 0 Å². The van der Waals surface area contributed by atoms with Gasteiger partial charge >= 0.3 is 12.1 Å². The zero-order valence-electron chi connectivity index (χ0n) is 17.6. The van der Waals surface area contributed by atoms with E-state index in [1.807, 2.05) is 0 Å². The van der Waals surface area contributed by atoms with E-state index in [9.17, 15) is 36.3 Å². The average molecular weight is 485 g/mol. The lowest BCUT2D eigenvalue weighted by molar-refractivity contribution is -0.266. The fourth-order valence-corrected chi connectivity index (χ4v) is 4.04. The lowest BCUT2D eigenvalue weighted by atomic mass is 9.86. The van der Waals surface area contributed by atoms with Crippen LogP contribution in [0.25, 0.3) is 0 Å².